The van der Waals surface area contributed by atoms with Crippen molar-refractivity contribution in [1.82, 2.24) is 14.5 Å². The molecular weight excluding hydrogens is 422 g/mol. The van der Waals surface area contributed by atoms with Crippen LogP contribution in [0, 0.1) is 11.8 Å². The first-order chi connectivity index (χ1) is 16.7. The molecule has 172 valence electrons. The number of amides is 1. The quantitative estimate of drug-likeness (QED) is 0.381. The van der Waals surface area contributed by atoms with E-state index in [1.165, 1.54) is 11.1 Å². The Kier molecular flexibility index (Phi) is 5.33. The molecule has 1 aliphatic carbocycles. The predicted molar refractivity (Wildman–Crippen MR) is 135 cm³/mol. The molecule has 5 nitrogen and oxygen atoms in total. The monoisotopic (exact) mass is 451 g/mol. The normalized spacial score (nSPS) is 17.9. The van der Waals surface area contributed by atoms with Crippen molar-refractivity contribution < 1.29 is 9.53 Å². The lowest BCUT2D eigenvalue weighted by Gasteiger charge is -2.18. The second-order valence-electron chi connectivity index (χ2n) is 9.56. The Morgan fingerprint density at radius 3 is 2.41 bits per heavy atom. The van der Waals surface area contributed by atoms with Gasteiger partial charge < -0.3 is 14.2 Å². The minimum absolute atomic E-state index is 0.291. The van der Waals surface area contributed by atoms with Crippen molar-refractivity contribution in [2.24, 2.45) is 11.8 Å². The molecule has 6 rings (SSSR count). The van der Waals surface area contributed by atoms with Crippen molar-refractivity contribution in [3.8, 4) is 28.3 Å². The van der Waals surface area contributed by atoms with E-state index in [-0.39, 0.29) is 0 Å². The van der Waals surface area contributed by atoms with Crippen molar-refractivity contribution >= 4 is 16.9 Å². The summed E-state index contributed by atoms with van der Waals surface area (Å²) in [6.07, 6.45) is 3.18. The van der Waals surface area contributed by atoms with Gasteiger partial charge in [-0.3, -0.25) is 4.79 Å². The number of methoxy groups -OCH3 is 1. The summed E-state index contributed by atoms with van der Waals surface area (Å²) >= 11 is 0. The smallest absolute Gasteiger partial charge is 0.225 e. The molecule has 0 spiro atoms. The standard InChI is InChI=1S/C29H29N3O2/c1-34-25-13-14-27-26(17-25)30-28(23-9-7-22(8-10-23)21-5-3-2-4-6-21)32(27)19-20-15-16-31(18-20)29(33)24-11-12-24/h2-10,13-14,17,20,24H,11-12,15-16,18-19H2,1H3/t20-/m0/s1. The summed E-state index contributed by atoms with van der Waals surface area (Å²) in [5.41, 5.74) is 5.54. The molecule has 0 bridgehead atoms. The number of rotatable bonds is 6. The minimum Gasteiger partial charge on any atom is -0.497 e. The molecule has 0 radical (unpaired) electrons. The Bertz CT molecular complexity index is 1320. The molecule has 1 atom stereocenters. The first kappa shape index (κ1) is 21.0. The average molecular weight is 452 g/mol. The second-order valence-corrected chi connectivity index (χ2v) is 9.56. The zero-order valence-corrected chi connectivity index (χ0v) is 19.5. The Balaban J connectivity index is 1.33. The van der Waals surface area contributed by atoms with E-state index in [9.17, 15) is 4.79 Å². The highest BCUT2D eigenvalue weighted by molar-refractivity contribution is 5.83. The molecule has 1 aliphatic heterocycles. The van der Waals surface area contributed by atoms with Crippen LogP contribution < -0.4 is 4.74 Å². The lowest BCUT2D eigenvalue weighted by molar-refractivity contribution is -0.131. The lowest BCUT2D eigenvalue weighted by atomic mass is 10.0. The van der Waals surface area contributed by atoms with Crippen LogP contribution in [0.4, 0.5) is 0 Å². The van der Waals surface area contributed by atoms with Crippen LogP contribution >= 0.6 is 0 Å². The second kappa shape index (κ2) is 8.64. The van der Waals surface area contributed by atoms with Gasteiger partial charge >= 0.3 is 0 Å². The third-order valence-electron chi connectivity index (χ3n) is 7.17. The van der Waals surface area contributed by atoms with Crippen LogP contribution in [0.5, 0.6) is 5.75 Å². The first-order valence-corrected chi connectivity index (χ1v) is 12.2. The molecule has 2 fully saturated rings. The van der Waals surface area contributed by atoms with Gasteiger partial charge in [-0.2, -0.15) is 0 Å². The number of carbonyl (C=O) groups excluding carboxylic acids is 1. The summed E-state index contributed by atoms with van der Waals surface area (Å²) in [5.74, 6) is 2.86. The molecule has 2 heterocycles. The number of carbonyl (C=O) groups is 1. The summed E-state index contributed by atoms with van der Waals surface area (Å²) in [6.45, 7) is 2.58. The number of likely N-dealkylation sites (tertiary alicyclic amines) is 1. The van der Waals surface area contributed by atoms with E-state index < -0.39 is 0 Å². The molecule has 0 unspecified atom stereocenters. The summed E-state index contributed by atoms with van der Waals surface area (Å²) in [5, 5.41) is 0. The topological polar surface area (TPSA) is 47.4 Å². The SMILES string of the molecule is COc1ccc2c(c1)nc(-c1ccc(-c3ccccc3)cc1)n2C[C@H]1CCN(C(=O)C2CC2)C1. The van der Waals surface area contributed by atoms with Crippen molar-refractivity contribution in [3.05, 3.63) is 72.8 Å². The molecule has 3 aromatic carbocycles. The molecule has 4 aromatic rings. The molecule has 1 saturated heterocycles. The van der Waals surface area contributed by atoms with Gasteiger partial charge in [0.15, 0.2) is 0 Å². The molecular formula is C29H29N3O2. The van der Waals surface area contributed by atoms with Gasteiger partial charge in [-0.05, 0) is 48.4 Å². The molecule has 0 N–H and O–H groups in total. The molecule has 34 heavy (non-hydrogen) atoms. The van der Waals surface area contributed by atoms with E-state index in [0.29, 0.717) is 17.7 Å². The van der Waals surface area contributed by atoms with Crippen LogP contribution in [0.2, 0.25) is 0 Å². The maximum Gasteiger partial charge on any atom is 0.225 e. The zero-order valence-electron chi connectivity index (χ0n) is 19.5. The van der Waals surface area contributed by atoms with Crippen LogP contribution in [0.25, 0.3) is 33.5 Å². The fourth-order valence-electron chi connectivity index (χ4n) is 5.11. The molecule has 2 aliphatic rings. The predicted octanol–water partition coefficient (Wildman–Crippen LogP) is 5.64. The largest absolute Gasteiger partial charge is 0.497 e. The number of hydrogen-bond acceptors (Lipinski definition) is 3. The number of nitrogens with zero attached hydrogens (tertiary/aromatic N) is 3. The number of ether oxygens (including phenoxy) is 1. The zero-order chi connectivity index (χ0) is 23.1. The van der Waals surface area contributed by atoms with Crippen molar-refractivity contribution in [3.63, 3.8) is 0 Å². The third-order valence-corrected chi connectivity index (χ3v) is 7.17. The molecule has 1 amide bonds. The highest BCUT2D eigenvalue weighted by Gasteiger charge is 2.36. The van der Waals surface area contributed by atoms with E-state index in [1.807, 2.05) is 18.2 Å². The van der Waals surface area contributed by atoms with Gasteiger partial charge in [-0.15, -0.1) is 0 Å². The van der Waals surface area contributed by atoms with Gasteiger partial charge in [0.25, 0.3) is 0 Å². The summed E-state index contributed by atoms with van der Waals surface area (Å²) in [4.78, 5) is 19.7. The molecule has 5 heteroatoms. The number of hydrogen-bond donors (Lipinski definition) is 0. The molecule has 1 saturated carbocycles. The van der Waals surface area contributed by atoms with Crippen LogP contribution in [-0.4, -0.2) is 40.6 Å². The fourth-order valence-corrected chi connectivity index (χ4v) is 5.11. The summed E-state index contributed by atoms with van der Waals surface area (Å²) < 4.78 is 7.79. The van der Waals surface area contributed by atoms with Crippen LogP contribution in [-0.2, 0) is 11.3 Å². The highest BCUT2D eigenvalue weighted by Crippen LogP contribution is 2.35. The average Bonchev–Trinajstić information content (AvgIpc) is 3.54. The van der Waals surface area contributed by atoms with Gasteiger partial charge in [0, 0.05) is 37.2 Å². The molecule has 1 aromatic heterocycles. The Morgan fingerprint density at radius 2 is 1.68 bits per heavy atom. The van der Waals surface area contributed by atoms with Gasteiger partial charge in [0.05, 0.1) is 18.1 Å². The maximum absolute atomic E-state index is 12.6. The minimum atomic E-state index is 0.291. The summed E-state index contributed by atoms with van der Waals surface area (Å²) in [6, 6.07) is 25.2. The van der Waals surface area contributed by atoms with E-state index in [4.69, 9.17) is 9.72 Å². The lowest BCUT2D eigenvalue weighted by Crippen LogP contribution is -2.30. The Hall–Kier alpha value is -3.60. The van der Waals surface area contributed by atoms with Crippen LogP contribution in [0.3, 0.4) is 0 Å². The van der Waals surface area contributed by atoms with Crippen LogP contribution in [0.15, 0.2) is 72.8 Å². The van der Waals surface area contributed by atoms with Gasteiger partial charge in [0.1, 0.15) is 11.6 Å². The summed E-state index contributed by atoms with van der Waals surface area (Å²) in [7, 11) is 1.69. The van der Waals surface area contributed by atoms with Crippen molar-refractivity contribution in [2.75, 3.05) is 20.2 Å². The Morgan fingerprint density at radius 1 is 0.941 bits per heavy atom. The number of imidazole rings is 1. The van der Waals surface area contributed by atoms with E-state index >= 15 is 0 Å². The van der Waals surface area contributed by atoms with Gasteiger partial charge in [-0.25, -0.2) is 4.98 Å². The van der Waals surface area contributed by atoms with E-state index in [2.05, 4.69) is 64.1 Å². The first-order valence-electron chi connectivity index (χ1n) is 12.2. The third kappa shape index (κ3) is 3.96. The van der Waals surface area contributed by atoms with Crippen LogP contribution in [0.1, 0.15) is 19.3 Å². The highest BCUT2D eigenvalue weighted by atomic mass is 16.5. The van der Waals surface area contributed by atoms with Crippen molar-refractivity contribution in [1.29, 1.82) is 0 Å². The fraction of sp³-hybridized carbons (Fsp3) is 0.310. The van der Waals surface area contributed by atoms with E-state index in [1.54, 1.807) is 7.11 Å². The number of aromatic nitrogens is 2. The van der Waals surface area contributed by atoms with Gasteiger partial charge in [-0.1, -0.05) is 54.6 Å². The Labute approximate surface area is 200 Å². The van der Waals surface area contributed by atoms with Gasteiger partial charge in [0.2, 0.25) is 5.91 Å². The van der Waals surface area contributed by atoms with E-state index in [0.717, 1.165) is 67.1 Å². The number of fused-ring (bicyclic) bond motifs is 1. The number of benzene rings is 3. The maximum atomic E-state index is 12.6. The van der Waals surface area contributed by atoms with Crippen molar-refractivity contribution in [2.45, 2.75) is 25.8 Å².